The lowest BCUT2D eigenvalue weighted by Gasteiger charge is -2.21. The lowest BCUT2D eigenvalue weighted by molar-refractivity contribution is -0.118. The number of carbonyl (C=O) groups is 1. The van der Waals surface area contributed by atoms with E-state index in [1.807, 2.05) is 0 Å². The van der Waals surface area contributed by atoms with Crippen molar-refractivity contribution in [1.29, 1.82) is 0 Å². The van der Waals surface area contributed by atoms with E-state index < -0.39 is 0 Å². The fraction of sp³-hybridized carbons (Fsp3) is 0.833. The van der Waals surface area contributed by atoms with Crippen LogP contribution in [0.4, 0.5) is 0 Å². The lowest BCUT2D eigenvalue weighted by Crippen LogP contribution is -2.31. The molecule has 1 aromatic heterocycles. The highest BCUT2D eigenvalue weighted by Crippen LogP contribution is 2.28. The average Bonchev–Trinajstić information content (AvgIpc) is 3.29. The van der Waals surface area contributed by atoms with Crippen molar-refractivity contribution in [2.24, 2.45) is 11.8 Å². The number of rotatable bonds is 8. The molecule has 2 N–H and O–H groups in total. The van der Waals surface area contributed by atoms with Crippen LogP contribution in [-0.4, -0.2) is 33.4 Å². The third kappa shape index (κ3) is 5.80. The van der Waals surface area contributed by atoms with Crippen LogP contribution in [0.2, 0.25) is 0 Å². The quantitative estimate of drug-likeness (QED) is 0.701. The van der Waals surface area contributed by atoms with Crippen molar-refractivity contribution < 1.29 is 4.79 Å². The predicted molar refractivity (Wildman–Crippen MR) is 97.0 cm³/mol. The Bertz CT molecular complexity index is 507. The molecule has 2 fully saturated rings. The second kappa shape index (κ2) is 9.44. The number of nitrogens with zero attached hydrogens (tertiary/aromatic N) is 2. The first-order valence-electron chi connectivity index (χ1n) is 9.60. The summed E-state index contributed by atoms with van der Waals surface area (Å²) in [5, 5.41) is 11.0. The van der Waals surface area contributed by atoms with Crippen LogP contribution in [0.15, 0.2) is 5.16 Å². The van der Waals surface area contributed by atoms with Gasteiger partial charge >= 0.3 is 0 Å². The summed E-state index contributed by atoms with van der Waals surface area (Å²) in [4.78, 5) is 16.5. The minimum absolute atomic E-state index is 0.0999. The van der Waals surface area contributed by atoms with Gasteiger partial charge in [-0.05, 0) is 31.1 Å². The fourth-order valence-electron chi connectivity index (χ4n) is 3.92. The Balaban J connectivity index is 1.31. The Labute approximate surface area is 149 Å². The van der Waals surface area contributed by atoms with E-state index in [4.69, 9.17) is 0 Å². The molecule has 0 saturated heterocycles. The van der Waals surface area contributed by atoms with Crippen molar-refractivity contribution in [2.45, 2.75) is 75.8 Å². The Kier molecular flexibility index (Phi) is 6.99. The Morgan fingerprint density at radius 1 is 1.08 bits per heavy atom. The minimum atomic E-state index is 0.0999. The molecule has 0 aromatic carbocycles. The SMILES string of the molecule is O=C(CSc1n[nH]c(CCC2CCCC2)n1)NCC1CCCCC1. The first-order valence-corrected chi connectivity index (χ1v) is 10.6. The molecular formula is C18H30N4OS. The van der Waals surface area contributed by atoms with Crippen LogP contribution in [0.3, 0.4) is 0 Å². The van der Waals surface area contributed by atoms with Crippen LogP contribution in [0.5, 0.6) is 0 Å². The summed E-state index contributed by atoms with van der Waals surface area (Å²) in [7, 11) is 0. The Hall–Kier alpha value is -1.04. The molecule has 2 aliphatic rings. The summed E-state index contributed by atoms with van der Waals surface area (Å²) in [6.45, 7) is 0.833. The standard InChI is InChI=1S/C18H30N4OS/c23-17(19-12-15-8-2-1-3-9-15)13-24-18-20-16(21-22-18)11-10-14-6-4-5-7-14/h14-15H,1-13H2,(H,19,23)(H,20,21,22). The van der Waals surface area contributed by atoms with Gasteiger partial charge in [-0.15, -0.1) is 5.10 Å². The van der Waals surface area contributed by atoms with Gasteiger partial charge in [-0.3, -0.25) is 9.89 Å². The highest BCUT2D eigenvalue weighted by atomic mass is 32.2. The number of nitrogens with one attached hydrogen (secondary N) is 2. The number of hydrogen-bond donors (Lipinski definition) is 2. The minimum Gasteiger partial charge on any atom is -0.355 e. The summed E-state index contributed by atoms with van der Waals surface area (Å²) in [5.74, 6) is 3.03. The zero-order valence-electron chi connectivity index (χ0n) is 14.6. The average molecular weight is 351 g/mol. The number of hydrogen-bond acceptors (Lipinski definition) is 4. The second-order valence-electron chi connectivity index (χ2n) is 7.35. The molecule has 1 aromatic rings. The fourth-order valence-corrected chi connectivity index (χ4v) is 4.57. The molecule has 2 saturated carbocycles. The lowest BCUT2D eigenvalue weighted by atomic mass is 9.89. The van der Waals surface area contributed by atoms with E-state index in [2.05, 4.69) is 20.5 Å². The molecule has 0 radical (unpaired) electrons. The highest BCUT2D eigenvalue weighted by Gasteiger charge is 2.16. The second-order valence-corrected chi connectivity index (χ2v) is 8.29. The predicted octanol–water partition coefficient (Wildman–Crippen LogP) is 3.72. The molecule has 0 bridgehead atoms. The van der Waals surface area contributed by atoms with Gasteiger partial charge in [0, 0.05) is 13.0 Å². The monoisotopic (exact) mass is 350 g/mol. The number of carbonyl (C=O) groups excluding carboxylic acids is 1. The Morgan fingerprint density at radius 3 is 2.58 bits per heavy atom. The van der Waals surface area contributed by atoms with Crippen LogP contribution in [0.1, 0.15) is 70.0 Å². The van der Waals surface area contributed by atoms with Gasteiger partial charge in [-0.25, -0.2) is 4.98 Å². The molecule has 3 rings (SSSR count). The largest absolute Gasteiger partial charge is 0.355 e. The molecule has 24 heavy (non-hydrogen) atoms. The zero-order valence-corrected chi connectivity index (χ0v) is 15.4. The normalized spacial score (nSPS) is 19.7. The third-order valence-corrected chi connectivity index (χ3v) is 6.27. The maximum atomic E-state index is 12.0. The van der Waals surface area contributed by atoms with Gasteiger partial charge in [-0.1, -0.05) is 56.7 Å². The van der Waals surface area contributed by atoms with E-state index in [0.29, 0.717) is 16.8 Å². The molecule has 0 aliphatic heterocycles. The maximum absolute atomic E-state index is 12.0. The first-order chi connectivity index (χ1) is 11.8. The summed E-state index contributed by atoms with van der Waals surface area (Å²) in [5.41, 5.74) is 0. The molecule has 134 valence electrons. The van der Waals surface area contributed by atoms with Crippen LogP contribution in [-0.2, 0) is 11.2 Å². The van der Waals surface area contributed by atoms with Crippen LogP contribution < -0.4 is 5.32 Å². The maximum Gasteiger partial charge on any atom is 0.230 e. The van der Waals surface area contributed by atoms with E-state index in [0.717, 1.165) is 24.7 Å². The third-order valence-electron chi connectivity index (χ3n) is 5.42. The van der Waals surface area contributed by atoms with E-state index in [-0.39, 0.29) is 5.91 Å². The summed E-state index contributed by atoms with van der Waals surface area (Å²) < 4.78 is 0. The van der Waals surface area contributed by atoms with Crippen molar-refractivity contribution in [1.82, 2.24) is 20.5 Å². The molecule has 6 heteroatoms. The van der Waals surface area contributed by atoms with Crippen molar-refractivity contribution >= 4 is 17.7 Å². The van der Waals surface area contributed by atoms with Crippen LogP contribution in [0.25, 0.3) is 0 Å². The Morgan fingerprint density at radius 2 is 1.79 bits per heavy atom. The van der Waals surface area contributed by atoms with Crippen LogP contribution >= 0.6 is 11.8 Å². The molecule has 1 heterocycles. The summed E-state index contributed by atoms with van der Waals surface area (Å²) >= 11 is 1.43. The molecule has 5 nitrogen and oxygen atoms in total. The van der Waals surface area contributed by atoms with Gasteiger partial charge in [-0.2, -0.15) is 0 Å². The first kappa shape index (κ1) is 17.8. The number of thioether (sulfide) groups is 1. The highest BCUT2D eigenvalue weighted by molar-refractivity contribution is 7.99. The number of aryl methyl sites for hydroxylation is 1. The van der Waals surface area contributed by atoms with E-state index in [9.17, 15) is 4.79 Å². The van der Waals surface area contributed by atoms with Gasteiger partial charge in [0.05, 0.1) is 5.75 Å². The smallest absolute Gasteiger partial charge is 0.230 e. The van der Waals surface area contributed by atoms with E-state index >= 15 is 0 Å². The zero-order chi connectivity index (χ0) is 16.6. The number of amides is 1. The van der Waals surface area contributed by atoms with Crippen molar-refractivity contribution in [3.8, 4) is 0 Å². The number of H-pyrrole nitrogens is 1. The van der Waals surface area contributed by atoms with Gasteiger partial charge in [0.25, 0.3) is 0 Å². The van der Waals surface area contributed by atoms with E-state index in [1.54, 1.807) is 0 Å². The number of aromatic amines is 1. The van der Waals surface area contributed by atoms with E-state index in [1.165, 1.54) is 76.0 Å². The molecule has 0 spiro atoms. The topological polar surface area (TPSA) is 70.7 Å². The van der Waals surface area contributed by atoms with Crippen LogP contribution in [0, 0.1) is 11.8 Å². The van der Waals surface area contributed by atoms with Gasteiger partial charge in [0.2, 0.25) is 11.1 Å². The molecule has 1 amide bonds. The molecule has 0 unspecified atom stereocenters. The molecule has 2 aliphatic carbocycles. The summed E-state index contributed by atoms with van der Waals surface area (Å²) in [6, 6.07) is 0. The number of aromatic nitrogens is 3. The van der Waals surface area contributed by atoms with Crippen molar-refractivity contribution in [3.05, 3.63) is 5.82 Å². The van der Waals surface area contributed by atoms with Crippen molar-refractivity contribution in [2.75, 3.05) is 12.3 Å². The van der Waals surface area contributed by atoms with Crippen molar-refractivity contribution in [3.63, 3.8) is 0 Å². The van der Waals surface area contributed by atoms with Gasteiger partial charge in [0.15, 0.2) is 0 Å². The summed E-state index contributed by atoms with van der Waals surface area (Å²) in [6.07, 6.45) is 14.2. The van der Waals surface area contributed by atoms with Gasteiger partial charge < -0.3 is 5.32 Å². The van der Waals surface area contributed by atoms with Gasteiger partial charge in [0.1, 0.15) is 5.82 Å². The molecule has 0 atom stereocenters. The molecular weight excluding hydrogens is 320 g/mol.